The number of rotatable bonds is 1. The molecule has 0 nitrogen and oxygen atoms in total. The van der Waals surface area contributed by atoms with Gasteiger partial charge in [0.15, 0.2) is 0 Å². The van der Waals surface area contributed by atoms with Gasteiger partial charge >= 0.3 is 0 Å². The molecule has 14 heavy (non-hydrogen) atoms. The first-order chi connectivity index (χ1) is 6.42. The van der Waals surface area contributed by atoms with E-state index < -0.39 is 0 Å². The Morgan fingerprint density at radius 1 is 1.29 bits per heavy atom. The normalized spacial score (nSPS) is 23.6. The van der Waals surface area contributed by atoms with E-state index in [0.717, 1.165) is 6.42 Å². The number of aryl methyl sites for hydroxylation is 1. The van der Waals surface area contributed by atoms with Crippen molar-refractivity contribution < 1.29 is 8.78 Å². The molecule has 1 aromatic rings. The van der Waals surface area contributed by atoms with Gasteiger partial charge in [0, 0.05) is 5.92 Å². The average Bonchev–Trinajstić information content (AvgIpc) is 2.67. The molecule has 0 bridgehead atoms. The van der Waals surface area contributed by atoms with Gasteiger partial charge < -0.3 is 0 Å². The third-order valence-electron chi connectivity index (χ3n) is 2.48. The van der Waals surface area contributed by atoms with Gasteiger partial charge in [-0.05, 0) is 36.6 Å². The molecule has 0 N–H and O–H groups in total. The fourth-order valence-corrected chi connectivity index (χ4v) is 2.62. The molecule has 0 saturated heterocycles. The Hall–Kier alpha value is 0.0400. The second kappa shape index (κ2) is 3.27. The zero-order chi connectivity index (χ0) is 10.5. The van der Waals surface area contributed by atoms with Crippen molar-refractivity contribution in [2.24, 2.45) is 0 Å². The van der Waals surface area contributed by atoms with E-state index in [1.165, 1.54) is 12.1 Å². The zero-order valence-corrected chi connectivity index (χ0v) is 10.6. The largest absolute Gasteiger partial charge is 0.207 e. The minimum absolute atomic E-state index is 0.0256. The summed E-state index contributed by atoms with van der Waals surface area (Å²) in [6.45, 7) is 1.56. The average molecular weight is 326 g/mol. The van der Waals surface area contributed by atoms with Crippen LogP contribution in [0.2, 0.25) is 0 Å². The summed E-state index contributed by atoms with van der Waals surface area (Å²) in [6, 6.07) is 2.54. The monoisotopic (exact) mass is 324 g/mol. The summed E-state index contributed by atoms with van der Waals surface area (Å²) in [6.07, 6.45) is 0.784. The van der Waals surface area contributed by atoms with E-state index in [1.54, 1.807) is 6.92 Å². The molecule has 0 heterocycles. The van der Waals surface area contributed by atoms with Gasteiger partial charge in [-0.15, -0.1) is 0 Å². The SMILES string of the molecule is Cc1cc(F)c(C2CC2(Br)Br)cc1F. The number of alkyl halides is 2. The van der Waals surface area contributed by atoms with Crippen LogP contribution in [0, 0.1) is 18.6 Å². The molecule has 1 aromatic carbocycles. The van der Waals surface area contributed by atoms with Gasteiger partial charge in [-0.1, -0.05) is 31.9 Å². The molecule has 0 radical (unpaired) electrons. The van der Waals surface area contributed by atoms with Gasteiger partial charge in [0.1, 0.15) is 11.6 Å². The van der Waals surface area contributed by atoms with Crippen LogP contribution in [-0.4, -0.2) is 3.23 Å². The highest BCUT2D eigenvalue weighted by atomic mass is 79.9. The minimum atomic E-state index is -0.343. The predicted molar refractivity (Wildman–Crippen MR) is 59.0 cm³/mol. The number of hydrogen-bond donors (Lipinski definition) is 0. The van der Waals surface area contributed by atoms with Crippen LogP contribution in [-0.2, 0) is 0 Å². The van der Waals surface area contributed by atoms with Crippen LogP contribution in [0.25, 0.3) is 0 Å². The molecular formula is C10H8Br2F2. The van der Waals surface area contributed by atoms with Gasteiger partial charge in [-0.3, -0.25) is 0 Å². The first-order valence-electron chi connectivity index (χ1n) is 4.25. The van der Waals surface area contributed by atoms with Crippen molar-refractivity contribution in [3.05, 3.63) is 34.9 Å². The van der Waals surface area contributed by atoms with Crippen molar-refractivity contribution in [1.82, 2.24) is 0 Å². The Kier molecular flexibility index (Phi) is 2.47. The maximum Gasteiger partial charge on any atom is 0.127 e. The third kappa shape index (κ3) is 1.74. The summed E-state index contributed by atoms with van der Waals surface area (Å²) < 4.78 is 26.4. The van der Waals surface area contributed by atoms with Crippen molar-refractivity contribution in [3.63, 3.8) is 0 Å². The van der Waals surface area contributed by atoms with Gasteiger partial charge in [0.05, 0.1) is 3.23 Å². The molecule has 0 amide bonds. The maximum atomic E-state index is 13.5. The molecule has 1 fully saturated rings. The maximum absolute atomic E-state index is 13.5. The fraction of sp³-hybridized carbons (Fsp3) is 0.400. The molecule has 76 valence electrons. The topological polar surface area (TPSA) is 0 Å². The van der Waals surface area contributed by atoms with E-state index in [1.807, 2.05) is 0 Å². The lowest BCUT2D eigenvalue weighted by molar-refractivity contribution is 0.579. The second-order valence-electron chi connectivity index (χ2n) is 3.64. The number of halogens is 4. The molecule has 1 saturated carbocycles. The van der Waals surface area contributed by atoms with E-state index >= 15 is 0 Å². The Morgan fingerprint density at radius 2 is 1.86 bits per heavy atom. The van der Waals surface area contributed by atoms with E-state index in [9.17, 15) is 8.78 Å². The van der Waals surface area contributed by atoms with Gasteiger partial charge in [0.25, 0.3) is 0 Å². The van der Waals surface area contributed by atoms with Crippen LogP contribution in [0.15, 0.2) is 12.1 Å². The smallest absolute Gasteiger partial charge is 0.127 e. The zero-order valence-electron chi connectivity index (χ0n) is 7.45. The van der Waals surface area contributed by atoms with Crippen LogP contribution in [0.5, 0.6) is 0 Å². The van der Waals surface area contributed by atoms with Crippen LogP contribution >= 0.6 is 31.9 Å². The highest BCUT2D eigenvalue weighted by Gasteiger charge is 2.52. The molecule has 1 unspecified atom stereocenters. The summed E-state index contributed by atoms with van der Waals surface area (Å²) in [5, 5.41) is 0. The standard InChI is InChI=1S/C10H8Br2F2/c1-5-2-9(14)6(3-8(5)13)7-4-10(7,11)12/h2-3,7H,4H2,1H3. The molecular weight excluding hydrogens is 318 g/mol. The first-order valence-corrected chi connectivity index (χ1v) is 5.84. The fourth-order valence-electron chi connectivity index (χ4n) is 1.48. The number of benzene rings is 1. The molecule has 4 heteroatoms. The van der Waals surface area contributed by atoms with Crippen molar-refractivity contribution in [2.75, 3.05) is 0 Å². The highest BCUT2D eigenvalue weighted by Crippen LogP contribution is 2.62. The second-order valence-corrected chi connectivity index (χ2v) is 7.53. The Bertz CT molecular complexity index is 388. The lowest BCUT2D eigenvalue weighted by Crippen LogP contribution is -1.96. The summed E-state index contributed by atoms with van der Waals surface area (Å²) in [7, 11) is 0. The van der Waals surface area contributed by atoms with Gasteiger partial charge in [-0.25, -0.2) is 8.78 Å². The number of hydrogen-bond acceptors (Lipinski definition) is 0. The summed E-state index contributed by atoms with van der Waals surface area (Å²) in [5.41, 5.74) is 0.795. The van der Waals surface area contributed by atoms with E-state index in [4.69, 9.17) is 0 Å². The van der Waals surface area contributed by atoms with Crippen molar-refractivity contribution in [2.45, 2.75) is 22.5 Å². The van der Waals surface area contributed by atoms with Crippen LogP contribution < -0.4 is 0 Å². The van der Waals surface area contributed by atoms with Crippen LogP contribution in [0.1, 0.15) is 23.5 Å². The predicted octanol–water partition coefficient (Wildman–Crippen LogP) is 4.25. The quantitative estimate of drug-likeness (QED) is 0.677. The Labute approximate surface area is 98.0 Å². The van der Waals surface area contributed by atoms with Crippen molar-refractivity contribution in [3.8, 4) is 0 Å². The van der Waals surface area contributed by atoms with Crippen LogP contribution in [0.3, 0.4) is 0 Å². The first kappa shape index (κ1) is 10.6. The van der Waals surface area contributed by atoms with Gasteiger partial charge in [0.2, 0.25) is 0 Å². The highest BCUT2D eigenvalue weighted by molar-refractivity contribution is 9.25. The Balaban J connectivity index is 2.41. The van der Waals surface area contributed by atoms with Gasteiger partial charge in [-0.2, -0.15) is 0 Å². The molecule has 1 aliphatic rings. The summed E-state index contributed by atoms with van der Waals surface area (Å²) in [5.74, 6) is -0.642. The molecule has 2 rings (SSSR count). The summed E-state index contributed by atoms with van der Waals surface area (Å²) >= 11 is 6.79. The molecule has 0 aromatic heterocycles. The van der Waals surface area contributed by atoms with Crippen LogP contribution in [0.4, 0.5) is 8.78 Å². The van der Waals surface area contributed by atoms with Crippen molar-refractivity contribution in [1.29, 1.82) is 0 Å². The lowest BCUT2D eigenvalue weighted by Gasteiger charge is -2.05. The van der Waals surface area contributed by atoms with E-state index in [0.29, 0.717) is 11.1 Å². The minimum Gasteiger partial charge on any atom is -0.207 e. The molecule has 1 aliphatic carbocycles. The molecule has 0 aliphatic heterocycles. The molecule has 1 atom stereocenters. The van der Waals surface area contributed by atoms with E-state index in [-0.39, 0.29) is 20.8 Å². The summed E-state index contributed by atoms with van der Waals surface area (Å²) in [4.78, 5) is 0. The third-order valence-corrected chi connectivity index (χ3v) is 4.23. The molecule has 0 spiro atoms. The Morgan fingerprint density at radius 3 is 2.36 bits per heavy atom. The van der Waals surface area contributed by atoms with E-state index in [2.05, 4.69) is 31.9 Å². The lowest BCUT2D eigenvalue weighted by atomic mass is 10.1. The van der Waals surface area contributed by atoms with Crippen molar-refractivity contribution >= 4 is 31.9 Å².